The molecule has 0 aliphatic carbocycles. The zero-order valence-corrected chi connectivity index (χ0v) is 13.4. The van der Waals surface area contributed by atoms with Gasteiger partial charge in [-0.2, -0.15) is 0 Å². The van der Waals surface area contributed by atoms with E-state index < -0.39 is 29.4 Å². The Kier molecular flexibility index (Phi) is 4.40. The molecule has 0 saturated heterocycles. The highest BCUT2D eigenvalue weighted by molar-refractivity contribution is 6.21. The highest BCUT2D eigenvalue weighted by Gasteiger charge is 2.34. The van der Waals surface area contributed by atoms with Crippen molar-refractivity contribution in [3.05, 3.63) is 59.2 Å². The normalized spacial score (nSPS) is 12.8. The Balaban J connectivity index is 1.67. The third-order valence-corrected chi connectivity index (χ3v) is 3.94. The van der Waals surface area contributed by atoms with Crippen molar-refractivity contribution >= 4 is 29.4 Å². The summed E-state index contributed by atoms with van der Waals surface area (Å²) in [6.07, 6.45) is -0.205. The lowest BCUT2D eigenvalue weighted by molar-refractivity contribution is -0.268. The number of anilines is 1. The lowest BCUT2D eigenvalue weighted by Gasteiger charge is -2.15. The second-order valence-electron chi connectivity index (χ2n) is 5.62. The Morgan fingerprint density at radius 3 is 2.23 bits per heavy atom. The number of nitrogens with zero attached hydrogens (tertiary/aromatic N) is 1. The van der Waals surface area contributed by atoms with Crippen LogP contribution in [0.1, 0.15) is 37.5 Å². The molecule has 0 saturated carbocycles. The first-order chi connectivity index (χ1) is 12.4. The maximum atomic E-state index is 12.2. The molecular formula is C18H13N2O6-. The number of carboxylic acid groups (broad SMARTS) is 1. The lowest BCUT2D eigenvalue weighted by Crippen LogP contribution is -2.33. The molecule has 132 valence electrons. The number of carbonyl (C=O) groups is 4. The smallest absolute Gasteiger partial charge is 0.337 e. The minimum Gasteiger partial charge on any atom is -0.872 e. The highest BCUT2D eigenvalue weighted by atomic mass is 16.4. The molecule has 0 fully saturated rings. The van der Waals surface area contributed by atoms with Gasteiger partial charge < -0.3 is 15.5 Å². The van der Waals surface area contributed by atoms with Crippen molar-refractivity contribution in [3.63, 3.8) is 0 Å². The number of rotatable bonds is 5. The van der Waals surface area contributed by atoms with Crippen LogP contribution in [-0.4, -0.2) is 40.2 Å². The van der Waals surface area contributed by atoms with Crippen LogP contribution < -0.4 is 10.4 Å². The van der Waals surface area contributed by atoms with Crippen LogP contribution >= 0.6 is 0 Å². The predicted octanol–water partition coefficient (Wildman–Crippen LogP) is 1.08. The van der Waals surface area contributed by atoms with Crippen molar-refractivity contribution in [1.29, 1.82) is 0 Å². The number of imide groups is 1. The number of carboxylic acids is 1. The molecule has 0 radical (unpaired) electrons. The van der Waals surface area contributed by atoms with Crippen molar-refractivity contribution in [2.75, 3.05) is 11.9 Å². The highest BCUT2D eigenvalue weighted by Crippen LogP contribution is 2.23. The van der Waals surface area contributed by atoms with Crippen molar-refractivity contribution < 1.29 is 29.4 Å². The van der Waals surface area contributed by atoms with Gasteiger partial charge >= 0.3 is 5.97 Å². The van der Waals surface area contributed by atoms with Crippen LogP contribution in [0.15, 0.2) is 42.5 Å². The van der Waals surface area contributed by atoms with Gasteiger partial charge in [0.15, 0.2) is 0 Å². The molecule has 0 spiro atoms. The van der Waals surface area contributed by atoms with E-state index >= 15 is 0 Å². The maximum absolute atomic E-state index is 12.2. The van der Waals surface area contributed by atoms with E-state index in [2.05, 4.69) is 5.32 Å². The van der Waals surface area contributed by atoms with Gasteiger partial charge in [0.2, 0.25) is 5.91 Å². The summed E-state index contributed by atoms with van der Waals surface area (Å²) < 4.78 is 0. The van der Waals surface area contributed by atoms with Crippen LogP contribution in [0, 0.1) is 0 Å². The molecule has 2 aromatic rings. The first-order valence-electron chi connectivity index (χ1n) is 7.68. The van der Waals surface area contributed by atoms with Gasteiger partial charge in [0.05, 0.1) is 22.4 Å². The van der Waals surface area contributed by atoms with Crippen LogP contribution in [-0.2, 0) is 4.79 Å². The predicted molar refractivity (Wildman–Crippen MR) is 87.9 cm³/mol. The summed E-state index contributed by atoms with van der Waals surface area (Å²) >= 11 is 0. The molecule has 2 aromatic carbocycles. The number of fused-ring (bicyclic) bond motifs is 1. The topological polar surface area (TPSA) is 127 Å². The number of benzene rings is 2. The third-order valence-electron chi connectivity index (χ3n) is 3.94. The van der Waals surface area contributed by atoms with Crippen LogP contribution in [0.4, 0.5) is 5.69 Å². The summed E-state index contributed by atoms with van der Waals surface area (Å²) in [7, 11) is 0. The van der Waals surface area contributed by atoms with E-state index in [1.54, 1.807) is 24.3 Å². The Labute approximate surface area is 147 Å². The van der Waals surface area contributed by atoms with Crippen LogP contribution in [0.25, 0.3) is 0 Å². The van der Waals surface area contributed by atoms with Gasteiger partial charge in [0.25, 0.3) is 11.8 Å². The van der Waals surface area contributed by atoms with E-state index in [0.29, 0.717) is 0 Å². The van der Waals surface area contributed by atoms with Crippen LogP contribution in [0.3, 0.4) is 0 Å². The molecule has 3 amide bonds. The maximum Gasteiger partial charge on any atom is 0.337 e. The molecule has 26 heavy (non-hydrogen) atoms. The second kappa shape index (κ2) is 6.67. The summed E-state index contributed by atoms with van der Waals surface area (Å²) in [5.41, 5.74) is 0.227. The second-order valence-corrected chi connectivity index (χ2v) is 5.62. The molecular weight excluding hydrogens is 340 g/mol. The Bertz CT molecular complexity index is 902. The number of nitrogens with one attached hydrogen (secondary N) is 1. The van der Waals surface area contributed by atoms with Gasteiger partial charge in [-0.15, -0.1) is 5.75 Å². The van der Waals surface area contributed by atoms with E-state index in [1.165, 1.54) is 6.07 Å². The third kappa shape index (κ3) is 3.12. The summed E-state index contributed by atoms with van der Waals surface area (Å²) in [5, 5.41) is 22.7. The molecule has 2 N–H and O–H groups in total. The molecule has 1 aliphatic heterocycles. The summed E-state index contributed by atoms with van der Waals surface area (Å²) in [4.78, 5) is 48.6. The zero-order valence-electron chi connectivity index (χ0n) is 13.4. The molecule has 1 heterocycles. The first-order valence-corrected chi connectivity index (χ1v) is 7.68. The first kappa shape index (κ1) is 17.2. The summed E-state index contributed by atoms with van der Waals surface area (Å²) in [5.74, 6) is -3.37. The molecule has 0 atom stereocenters. The molecule has 3 rings (SSSR count). The van der Waals surface area contributed by atoms with Gasteiger partial charge in [0.1, 0.15) is 0 Å². The number of hydrogen-bond acceptors (Lipinski definition) is 5. The molecule has 0 unspecified atom stereocenters. The van der Waals surface area contributed by atoms with Crippen molar-refractivity contribution in [2.45, 2.75) is 6.42 Å². The quantitative estimate of drug-likeness (QED) is 0.775. The zero-order chi connectivity index (χ0) is 18.8. The average Bonchev–Trinajstić information content (AvgIpc) is 2.86. The van der Waals surface area contributed by atoms with Gasteiger partial charge in [-0.1, -0.05) is 24.3 Å². The standard InChI is InChI=1S/C18H14N2O6/c21-10-5-6-14(13(9-10)18(25)26)19-15(22)7-8-20-16(23)11-3-1-2-4-12(11)17(20)24/h1-6,9,21H,7-8H2,(H,19,22)(H,25,26)/p-1. The Morgan fingerprint density at radius 2 is 1.65 bits per heavy atom. The summed E-state index contributed by atoms with van der Waals surface area (Å²) in [6.45, 7) is -0.139. The Morgan fingerprint density at radius 1 is 1.04 bits per heavy atom. The molecule has 0 bridgehead atoms. The average molecular weight is 353 g/mol. The number of carbonyl (C=O) groups excluding carboxylic acids is 3. The molecule has 8 heteroatoms. The van der Waals surface area contributed by atoms with Crippen molar-refractivity contribution in [3.8, 4) is 5.75 Å². The molecule has 0 aromatic heterocycles. The van der Waals surface area contributed by atoms with Crippen molar-refractivity contribution in [2.24, 2.45) is 0 Å². The fraction of sp³-hybridized carbons (Fsp3) is 0.111. The molecule has 8 nitrogen and oxygen atoms in total. The summed E-state index contributed by atoms with van der Waals surface area (Å²) in [6, 6.07) is 9.61. The largest absolute Gasteiger partial charge is 0.872 e. The number of aromatic carboxylic acids is 1. The number of amides is 3. The van der Waals surface area contributed by atoms with E-state index in [-0.39, 0.29) is 35.3 Å². The van der Waals surface area contributed by atoms with Crippen molar-refractivity contribution in [1.82, 2.24) is 4.90 Å². The van der Waals surface area contributed by atoms with E-state index in [9.17, 15) is 24.3 Å². The van der Waals surface area contributed by atoms with Gasteiger partial charge in [-0.3, -0.25) is 19.3 Å². The fourth-order valence-electron chi connectivity index (χ4n) is 2.68. The fourth-order valence-corrected chi connectivity index (χ4v) is 2.68. The SMILES string of the molecule is O=C(CCN1C(=O)c2ccccc2C1=O)Nc1ccc([O-])cc1C(=O)O. The molecule has 1 aliphatic rings. The van der Waals surface area contributed by atoms with E-state index in [0.717, 1.165) is 17.0 Å². The lowest BCUT2D eigenvalue weighted by atomic mass is 10.1. The van der Waals surface area contributed by atoms with Crippen LogP contribution in [0.5, 0.6) is 5.75 Å². The van der Waals surface area contributed by atoms with Gasteiger partial charge in [-0.05, 0) is 18.2 Å². The Hall–Kier alpha value is -3.68. The van der Waals surface area contributed by atoms with Gasteiger partial charge in [0, 0.05) is 13.0 Å². The van der Waals surface area contributed by atoms with Crippen LogP contribution in [0.2, 0.25) is 0 Å². The van der Waals surface area contributed by atoms with E-state index in [1.807, 2.05) is 0 Å². The minimum absolute atomic E-state index is 0.0236. The number of hydrogen-bond donors (Lipinski definition) is 2. The minimum atomic E-state index is -1.35. The monoisotopic (exact) mass is 353 g/mol. The van der Waals surface area contributed by atoms with Gasteiger partial charge in [-0.25, -0.2) is 4.79 Å². The van der Waals surface area contributed by atoms with E-state index in [4.69, 9.17) is 5.11 Å².